The molecule has 29 heavy (non-hydrogen) atoms. The smallest absolute Gasteiger partial charge is 0.243 e. The molecule has 1 heterocycles. The van der Waals surface area contributed by atoms with Crippen molar-refractivity contribution in [3.8, 4) is 0 Å². The second-order valence-electron chi connectivity index (χ2n) is 7.04. The lowest BCUT2D eigenvalue weighted by Crippen LogP contribution is -2.54. The van der Waals surface area contributed by atoms with Gasteiger partial charge in [-0.1, -0.05) is 24.1 Å². The summed E-state index contributed by atoms with van der Waals surface area (Å²) in [5.74, 6) is -1.81. The minimum Gasteiger partial charge on any atom is -0.368 e. The largest absolute Gasteiger partial charge is 0.368 e. The lowest BCUT2D eigenvalue weighted by Gasteiger charge is -2.24. The van der Waals surface area contributed by atoms with Crippen molar-refractivity contribution in [1.82, 2.24) is 16.0 Å². The van der Waals surface area contributed by atoms with Crippen molar-refractivity contribution < 1.29 is 14.4 Å². The topological polar surface area (TPSA) is 211 Å². The number of carbonyl (C=O) groups excluding carboxylic acids is 3. The molecular formula is C15H27ClN10O3. The predicted octanol–water partition coefficient (Wildman–Crippen LogP) is 0.508. The van der Waals surface area contributed by atoms with Crippen LogP contribution in [-0.4, -0.2) is 55.5 Å². The zero-order chi connectivity index (χ0) is 21.1. The second-order valence-corrected chi connectivity index (χ2v) is 7.04. The molecular weight excluding hydrogens is 404 g/mol. The Bertz CT molecular complexity index is 675. The Kier molecular flexibility index (Phi) is 12.2. The second kappa shape index (κ2) is 13.5. The van der Waals surface area contributed by atoms with Crippen LogP contribution < -0.4 is 21.7 Å². The third-order valence-electron chi connectivity index (χ3n) is 4.28. The van der Waals surface area contributed by atoms with Gasteiger partial charge in [-0.05, 0) is 35.7 Å². The standard InChI is InChI=1S/C15H26N10O3.ClH/c1-8(2)3-11(14(27)19-7-12(16)26)23-15(28)13-9(5-20-24-17)4-10(22-13)6-21-25-18;/h8-11,13,22H,3-7H2,1-2H3,(H2,16,26)(H,19,27)(H,23,28);1H/t9-,10+,11+,13+;/m1./s1. The van der Waals surface area contributed by atoms with E-state index >= 15 is 0 Å². The van der Waals surface area contributed by atoms with Gasteiger partial charge in [-0.3, -0.25) is 14.4 Å². The van der Waals surface area contributed by atoms with Crippen LogP contribution in [0.15, 0.2) is 10.2 Å². The summed E-state index contributed by atoms with van der Waals surface area (Å²) in [6.45, 7) is 3.72. The summed E-state index contributed by atoms with van der Waals surface area (Å²) in [5, 5.41) is 15.2. The van der Waals surface area contributed by atoms with Crippen LogP contribution in [0, 0.1) is 11.8 Å². The number of nitrogens with one attached hydrogen (secondary N) is 3. The maximum atomic E-state index is 12.8. The van der Waals surface area contributed by atoms with Gasteiger partial charge in [-0.15, -0.1) is 12.4 Å². The van der Waals surface area contributed by atoms with Crippen molar-refractivity contribution >= 4 is 30.1 Å². The fraction of sp³-hybridized carbons (Fsp3) is 0.800. The molecule has 0 spiro atoms. The molecule has 4 atom stereocenters. The molecule has 1 saturated heterocycles. The van der Waals surface area contributed by atoms with Crippen LogP contribution in [0.5, 0.6) is 0 Å². The van der Waals surface area contributed by atoms with Crippen LogP contribution >= 0.6 is 12.4 Å². The zero-order valence-corrected chi connectivity index (χ0v) is 17.1. The quantitative estimate of drug-likeness (QED) is 0.209. The van der Waals surface area contributed by atoms with Crippen LogP contribution in [-0.2, 0) is 14.4 Å². The molecule has 0 radical (unpaired) electrons. The first-order valence-electron chi connectivity index (χ1n) is 8.92. The minimum atomic E-state index is -0.843. The Labute approximate surface area is 174 Å². The van der Waals surface area contributed by atoms with Crippen molar-refractivity contribution in [2.75, 3.05) is 19.6 Å². The van der Waals surface area contributed by atoms with Gasteiger partial charge in [0.1, 0.15) is 6.04 Å². The number of hydrogen-bond donors (Lipinski definition) is 4. The minimum absolute atomic E-state index is 0. The van der Waals surface area contributed by atoms with E-state index in [1.54, 1.807) is 0 Å². The number of primary amides is 1. The van der Waals surface area contributed by atoms with Crippen LogP contribution in [0.3, 0.4) is 0 Å². The van der Waals surface area contributed by atoms with Crippen molar-refractivity contribution in [1.29, 1.82) is 0 Å². The van der Waals surface area contributed by atoms with Crippen LogP contribution in [0.4, 0.5) is 0 Å². The molecule has 0 aromatic rings. The van der Waals surface area contributed by atoms with Crippen LogP contribution in [0.1, 0.15) is 26.7 Å². The maximum Gasteiger partial charge on any atom is 0.243 e. The Morgan fingerprint density at radius 3 is 2.38 bits per heavy atom. The van der Waals surface area contributed by atoms with Crippen molar-refractivity contribution in [3.05, 3.63) is 20.9 Å². The summed E-state index contributed by atoms with van der Waals surface area (Å²) in [7, 11) is 0. The van der Waals surface area contributed by atoms with Gasteiger partial charge < -0.3 is 21.7 Å². The fourth-order valence-electron chi connectivity index (χ4n) is 3.09. The van der Waals surface area contributed by atoms with Gasteiger partial charge >= 0.3 is 0 Å². The van der Waals surface area contributed by atoms with Gasteiger partial charge in [-0.25, -0.2) is 0 Å². The number of nitrogens with zero attached hydrogens (tertiary/aromatic N) is 6. The summed E-state index contributed by atoms with van der Waals surface area (Å²) < 4.78 is 0. The molecule has 0 saturated carbocycles. The summed E-state index contributed by atoms with van der Waals surface area (Å²) in [6, 6.07) is -1.79. The predicted molar refractivity (Wildman–Crippen MR) is 108 cm³/mol. The van der Waals surface area contributed by atoms with Gasteiger partial charge in [0.05, 0.1) is 12.6 Å². The highest BCUT2D eigenvalue weighted by Crippen LogP contribution is 2.22. The molecule has 1 aliphatic rings. The number of halogens is 1. The van der Waals surface area contributed by atoms with Crippen molar-refractivity contribution in [3.63, 3.8) is 0 Å². The van der Waals surface area contributed by atoms with Crippen molar-refractivity contribution in [2.24, 2.45) is 27.8 Å². The first-order valence-corrected chi connectivity index (χ1v) is 8.92. The normalized spacial score (nSPS) is 21.1. The van der Waals surface area contributed by atoms with E-state index in [-0.39, 0.29) is 49.9 Å². The molecule has 162 valence electrons. The SMILES string of the molecule is CC(C)C[C@H](NC(=O)[C@H]1N[C@H](CN=[N+]=[N-])C[C@@H]1CN=[N+]=[N-])C(=O)NCC(N)=O.Cl. The van der Waals surface area contributed by atoms with E-state index in [9.17, 15) is 14.4 Å². The monoisotopic (exact) mass is 430 g/mol. The highest BCUT2D eigenvalue weighted by Gasteiger charge is 2.38. The van der Waals surface area contributed by atoms with E-state index in [1.807, 2.05) is 13.8 Å². The lowest BCUT2D eigenvalue weighted by molar-refractivity contribution is -0.131. The molecule has 3 amide bonds. The van der Waals surface area contributed by atoms with Crippen molar-refractivity contribution in [2.45, 2.75) is 44.8 Å². The van der Waals surface area contributed by atoms with Gasteiger partial charge in [0.25, 0.3) is 0 Å². The van der Waals surface area contributed by atoms with E-state index in [0.29, 0.717) is 12.8 Å². The van der Waals surface area contributed by atoms with Crippen LogP contribution in [0.2, 0.25) is 0 Å². The molecule has 0 unspecified atom stereocenters. The molecule has 0 aromatic carbocycles. The number of azide groups is 2. The number of rotatable bonds is 11. The van der Waals surface area contributed by atoms with E-state index in [0.717, 1.165) is 0 Å². The van der Waals surface area contributed by atoms with E-state index in [2.05, 4.69) is 36.0 Å². The Morgan fingerprint density at radius 1 is 1.21 bits per heavy atom. The zero-order valence-electron chi connectivity index (χ0n) is 16.3. The Hall–Kier alpha value is -2.72. The third kappa shape index (κ3) is 9.35. The number of amides is 3. The molecule has 0 aliphatic carbocycles. The number of nitrogens with two attached hydrogens (primary N) is 1. The molecule has 0 bridgehead atoms. The Morgan fingerprint density at radius 2 is 1.83 bits per heavy atom. The molecule has 13 nitrogen and oxygen atoms in total. The van der Waals surface area contributed by atoms with Gasteiger partial charge in [-0.2, -0.15) is 0 Å². The molecule has 1 aliphatic heterocycles. The third-order valence-corrected chi connectivity index (χ3v) is 4.28. The molecule has 14 heteroatoms. The average Bonchev–Trinajstić information content (AvgIpc) is 3.04. The highest BCUT2D eigenvalue weighted by atomic mass is 35.5. The number of carbonyl (C=O) groups is 3. The van der Waals surface area contributed by atoms with E-state index < -0.39 is 29.8 Å². The first kappa shape index (κ1) is 26.3. The molecule has 1 fully saturated rings. The summed E-state index contributed by atoms with van der Waals surface area (Å²) in [4.78, 5) is 41.4. The molecule has 0 aromatic heterocycles. The fourth-order valence-corrected chi connectivity index (χ4v) is 3.09. The highest BCUT2D eigenvalue weighted by molar-refractivity contribution is 5.91. The summed E-state index contributed by atoms with van der Waals surface area (Å²) >= 11 is 0. The van der Waals surface area contributed by atoms with Gasteiger partial charge in [0, 0.05) is 29.0 Å². The first-order chi connectivity index (χ1) is 13.3. The van der Waals surface area contributed by atoms with Crippen LogP contribution in [0.25, 0.3) is 20.9 Å². The maximum absolute atomic E-state index is 12.8. The van der Waals surface area contributed by atoms with E-state index in [1.165, 1.54) is 0 Å². The Balaban J connectivity index is 0.00000784. The van der Waals surface area contributed by atoms with Gasteiger partial charge in [0.2, 0.25) is 17.7 Å². The summed E-state index contributed by atoms with van der Waals surface area (Å²) in [5.41, 5.74) is 22.1. The molecule has 1 rings (SSSR count). The average molecular weight is 431 g/mol. The number of hydrogen-bond acceptors (Lipinski definition) is 6. The van der Waals surface area contributed by atoms with E-state index in [4.69, 9.17) is 16.8 Å². The van der Waals surface area contributed by atoms with Gasteiger partial charge in [0.15, 0.2) is 0 Å². The summed E-state index contributed by atoms with van der Waals surface area (Å²) in [6.07, 6.45) is 0.852. The lowest BCUT2D eigenvalue weighted by atomic mass is 9.97. The molecule has 5 N–H and O–H groups in total.